The molecule has 20 heavy (non-hydrogen) atoms. The molecule has 0 unspecified atom stereocenters. The van der Waals surface area contributed by atoms with Crippen LogP contribution in [-0.2, 0) is 20.8 Å². The molecular formula is C12H21N5O3. The number of carbonyl (C=O) groups is 1. The number of tetrazole rings is 1. The maximum atomic E-state index is 12.1. The summed E-state index contributed by atoms with van der Waals surface area (Å²) in [5.74, 6) is 0.170. The summed E-state index contributed by atoms with van der Waals surface area (Å²) in [5.41, 5.74) is 0. The fourth-order valence-corrected chi connectivity index (χ4v) is 2.20. The molecule has 8 heteroatoms. The normalized spacial score (nSPS) is 19.2. The lowest BCUT2D eigenvalue weighted by Gasteiger charge is -2.33. The smallest absolute Gasteiger partial charge is 0.222 e. The van der Waals surface area contributed by atoms with Gasteiger partial charge >= 0.3 is 0 Å². The van der Waals surface area contributed by atoms with Crippen molar-refractivity contribution >= 4 is 5.91 Å². The number of hydrogen-bond acceptors (Lipinski definition) is 6. The van der Waals surface area contributed by atoms with Crippen molar-refractivity contribution in [1.82, 2.24) is 25.1 Å². The number of carbonyl (C=O) groups excluding carboxylic acids is 1. The standard InChI is InChI=1S/C12H21N5O3/c1-19-7-4-11-9-16(6-8-20-11)12(18)3-2-5-17-10-13-14-15-17/h10-11H,2-9H2,1H3/t11-/m0/s1. The average molecular weight is 283 g/mol. The number of ether oxygens (including phenoxy) is 2. The second-order valence-electron chi connectivity index (χ2n) is 4.79. The Morgan fingerprint density at radius 2 is 2.45 bits per heavy atom. The lowest BCUT2D eigenvalue weighted by atomic mass is 10.2. The third-order valence-corrected chi connectivity index (χ3v) is 3.30. The van der Waals surface area contributed by atoms with Gasteiger partial charge in [-0.3, -0.25) is 4.79 Å². The van der Waals surface area contributed by atoms with E-state index in [1.807, 2.05) is 4.90 Å². The molecule has 8 nitrogen and oxygen atoms in total. The highest BCUT2D eigenvalue weighted by Gasteiger charge is 2.23. The number of morpholine rings is 1. The molecule has 1 fully saturated rings. The zero-order chi connectivity index (χ0) is 14.2. The van der Waals surface area contributed by atoms with Gasteiger partial charge in [-0.15, -0.1) is 5.10 Å². The number of hydrogen-bond donors (Lipinski definition) is 0. The van der Waals surface area contributed by atoms with Gasteiger partial charge in [0.2, 0.25) is 5.91 Å². The highest BCUT2D eigenvalue weighted by molar-refractivity contribution is 5.76. The van der Waals surface area contributed by atoms with E-state index in [4.69, 9.17) is 9.47 Å². The van der Waals surface area contributed by atoms with Crippen molar-refractivity contribution in [2.45, 2.75) is 31.9 Å². The number of methoxy groups -OCH3 is 1. The highest BCUT2D eigenvalue weighted by atomic mass is 16.5. The van der Waals surface area contributed by atoms with Crippen LogP contribution in [0.25, 0.3) is 0 Å². The average Bonchev–Trinajstić information content (AvgIpc) is 2.98. The first kappa shape index (κ1) is 14.9. The summed E-state index contributed by atoms with van der Waals surface area (Å²) in [5, 5.41) is 10.9. The monoisotopic (exact) mass is 283 g/mol. The first-order chi connectivity index (χ1) is 9.79. The van der Waals surface area contributed by atoms with Crippen molar-refractivity contribution in [2.24, 2.45) is 0 Å². The van der Waals surface area contributed by atoms with Crippen molar-refractivity contribution in [3.8, 4) is 0 Å². The lowest BCUT2D eigenvalue weighted by molar-refractivity contribution is -0.139. The molecular weight excluding hydrogens is 262 g/mol. The van der Waals surface area contributed by atoms with E-state index in [0.29, 0.717) is 39.3 Å². The Kier molecular flexibility index (Phi) is 5.87. The molecule has 0 bridgehead atoms. The van der Waals surface area contributed by atoms with Crippen molar-refractivity contribution in [3.05, 3.63) is 6.33 Å². The van der Waals surface area contributed by atoms with Crippen LogP contribution in [-0.4, -0.2) is 70.5 Å². The summed E-state index contributed by atoms with van der Waals surface area (Å²) in [4.78, 5) is 14.0. The van der Waals surface area contributed by atoms with Gasteiger partial charge in [0.05, 0.1) is 12.7 Å². The van der Waals surface area contributed by atoms with Crippen LogP contribution in [0.2, 0.25) is 0 Å². The lowest BCUT2D eigenvalue weighted by Crippen LogP contribution is -2.45. The number of amides is 1. The molecule has 0 saturated carbocycles. The summed E-state index contributed by atoms with van der Waals surface area (Å²) >= 11 is 0. The van der Waals surface area contributed by atoms with Gasteiger partial charge < -0.3 is 14.4 Å². The fraction of sp³-hybridized carbons (Fsp3) is 0.833. The third-order valence-electron chi connectivity index (χ3n) is 3.30. The van der Waals surface area contributed by atoms with E-state index in [1.165, 1.54) is 0 Å². The number of aryl methyl sites for hydroxylation is 1. The zero-order valence-electron chi connectivity index (χ0n) is 11.8. The van der Waals surface area contributed by atoms with Crippen LogP contribution in [0.15, 0.2) is 6.33 Å². The minimum absolute atomic E-state index is 0.0900. The summed E-state index contributed by atoms with van der Waals surface area (Å²) in [6.45, 7) is 3.26. The minimum atomic E-state index is 0.0900. The van der Waals surface area contributed by atoms with Crippen LogP contribution < -0.4 is 0 Å². The Labute approximate surface area is 118 Å². The summed E-state index contributed by atoms with van der Waals surface area (Å²) in [7, 11) is 1.67. The minimum Gasteiger partial charge on any atom is -0.385 e. The first-order valence-corrected chi connectivity index (χ1v) is 6.88. The van der Waals surface area contributed by atoms with Gasteiger partial charge in [-0.1, -0.05) is 0 Å². The molecule has 1 aliphatic rings. The number of aromatic nitrogens is 4. The molecule has 1 saturated heterocycles. The Balaban J connectivity index is 1.68. The molecule has 1 aliphatic heterocycles. The molecule has 0 spiro atoms. The Morgan fingerprint density at radius 3 is 3.20 bits per heavy atom. The van der Waals surface area contributed by atoms with Crippen molar-refractivity contribution in [3.63, 3.8) is 0 Å². The van der Waals surface area contributed by atoms with E-state index < -0.39 is 0 Å². The molecule has 0 N–H and O–H groups in total. The van der Waals surface area contributed by atoms with Crippen LogP contribution in [0.3, 0.4) is 0 Å². The van der Waals surface area contributed by atoms with Gasteiger partial charge in [0.15, 0.2) is 0 Å². The van der Waals surface area contributed by atoms with E-state index in [-0.39, 0.29) is 12.0 Å². The molecule has 112 valence electrons. The Hall–Kier alpha value is -1.54. The van der Waals surface area contributed by atoms with Crippen molar-refractivity contribution < 1.29 is 14.3 Å². The molecule has 1 amide bonds. The second-order valence-corrected chi connectivity index (χ2v) is 4.79. The van der Waals surface area contributed by atoms with Gasteiger partial charge in [-0.05, 0) is 23.3 Å². The van der Waals surface area contributed by atoms with Crippen LogP contribution in [0.1, 0.15) is 19.3 Å². The van der Waals surface area contributed by atoms with E-state index in [2.05, 4.69) is 15.5 Å². The summed E-state index contributed by atoms with van der Waals surface area (Å²) < 4.78 is 12.3. The highest BCUT2D eigenvalue weighted by Crippen LogP contribution is 2.11. The zero-order valence-corrected chi connectivity index (χ0v) is 11.8. The van der Waals surface area contributed by atoms with Crippen molar-refractivity contribution in [2.75, 3.05) is 33.4 Å². The third kappa shape index (κ3) is 4.53. The van der Waals surface area contributed by atoms with Gasteiger partial charge in [-0.2, -0.15) is 0 Å². The van der Waals surface area contributed by atoms with Crippen LogP contribution in [0.5, 0.6) is 0 Å². The fourth-order valence-electron chi connectivity index (χ4n) is 2.20. The van der Waals surface area contributed by atoms with E-state index in [9.17, 15) is 4.79 Å². The number of rotatable bonds is 7. The summed E-state index contributed by atoms with van der Waals surface area (Å²) in [6, 6.07) is 0. The predicted octanol–water partition coefficient (Wildman–Crippen LogP) is -0.283. The number of nitrogens with zero attached hydrogens (tertiary/aromatic N) is 5. The van der Waals surface area contributed by atoms with Crippen LogP contribution in [0, 0.1) is 0 Å². The molecule has 2 heterocycles. The molecule has 1 aromatic heterocycles. The largest absolute Gasteiger partial charge is 0.385 e. The van der Waals surface area contributed by atoms with E-state index >= 15 is 0 Å². The van der Waals surface area contributed by atoms with Gasteiger partial charge in [0.25, 0.3) is 0 Å². The molecule has 1 atom stereocenters. The van der Waals surface area contributed by atoms with Gasteiger partial charge in [0, 0.05) is 39.8 Å². The molecule has 1 aromatic rings. The SMILES string of the molecule is COCC[C@H]1CN(C(=O)CCCn2cnnn2)CCO1. The van der Waals surface area contributed by atoms with Crippen molar-refractivity contribution in [1.29, 1.82) is 0 Å². The van der Waals surface area contributed by atoms with Crippen LogP contribution >= 0.6 is 0 Å². The predicted molar refractivity (Wildman–Crippen MR) is 69.9 cm³/mol. The van der Waals surface area contributed by atoms with Crippen LogP contribution in [0.4, 0.5) is 0 Å². The van der Waals surface area contributed by atoms with Gasteiger partial charge in [-0.25, -0.2) is 4.68 Å². The first-order valence-electron chi connectivity index (χ1n) is 6.88. The Morgan fingerprint density at radius 1 is 1.55 bits per heavy atom. The van der Waals surface area contributed by atoms with E-state index in [1.54, 1.807) is 18.1 Å². The molecule has 2 rings (SSSR count). The van der Waals surface area contributed by atoms with Gasteiger partial charge in [0.1, 0.15) is 6.33 Å². The van der Waals surface area contributed by atoms with E-state index in [0.717, 1.165) is 12.8 Å². The second kappa shape index (κ2) is 7.91. The summed E-state index contributed by atoms with van der Waals surface area (Å²) in [6.07, 6.45) is 3.72. The maximum absolute atomic E-state index is 12.1. The molecule has 0 radical (unpaired) electrons. The topological polar surface area (TPSA) is 82.4 Å². The Bertz CT molecular complexity index is 398. The molecule has 0 aliphatic carbocycles. The molecule has 0 aromatic carbocycles. The maximum Gasteiger partial charge on any atom is 0.222 e. The quantitative estimate of drug-likeness (QED) is 0.684.